The largest absolute Gasteiger partial charge is 0.370 e. The van der Waals surface area contributed by atoms with Gasteiger partial charge in [0.1, 0.15) is 5.60 Å². The average molecular weight is 265 g/mol. The molecule has 5 heteroatoms. The van der Waals surface area contributed by atoms with Gasteiger partial charge in [-0.3, -0.25) is 0 Å². The van der Waals surface area contributed by atoms with Gasteiger partial charge in [0.25, 0.3) is 0 Å². The van der Waals surface area contributed by atoms with Crippen LogP contribution in [0.4, 0.5) is 0 Å². The highest BCUT2D eigenvalue weighted by Crippen LogP contribution is 2.36. The van der Waals surface area contributed by atoms with Crippen molar-refractivity contribution in [2.45, 2.75) is 25.4 Å². The first-order chi connectivity index (χ1) is 8.69. The van der Waals surface area contributed by atoms with E-state index in [-0.39, 0.29) is 5.60 Å². The van der Waals surface area contributed by atoms with Gasteiger partial charge in [0, 0.05) is 24.4 Å². The quantitative estimate of drug-likeness (QED) is 0.652. The molecule has 0 aromatic carbocycles. The zero-order chi connectivity index (χ0) is 12.6. The molecular weight excluding hydrogens is 246 g/mol. The second-order valence-corrected chi connectivity index (χ2v) is 6.10. The molecule has 3 rings (SSSR count). The molecule has 4 nitrogen and oxygen atoms in total. The van der Waals surface area contributed by atoms with Gasteiger partial charge in [0.05, 0.1) is 13.2 Å². The van der Waals surface area contributed by atoms with Crippen LogP contribution in [0.1, 0.15) is 23.8 Å². The van der Waals surface area contributed by atoms with Gasteiger partial charge in [0.15, 0.2) is 5.96 Å². The van der Waals surface area contributed by atoms with Crippen LogP contribution in [-0.2, 0) is 16.8 Å². The minimum absolute atomic E-state index is 0.303. The number of thiophene rings is 1. The van der Waals surface area contributed by atoms with E-state index in [0.717, 1.165) is 26.1 Å². The Hall–Kier alpha value is -1.07. The molecule has 1 aromatic heterocycles. The van der Waals surface area contributed by atoms with Crippen LogP contribution in [-0.4, -0.2) is 37.1 Å². The third-order valence-electron chi connectivity index (χ3n) is 3.79. The molecular formula is C13H19N3OS. The number of nitrogens with two attached hydrogens (primary N) is 1. The fraction of sp³-hybridized carbons (Fsp3) is 0.615. The summed E-state index contributed by atoms with van der Waals surface area (Å²) in [7, 11) is 0. The van der Waals surface area contributed by atoms with E-state index in [0.29, 0.717) is 12.5 Å². The summed E-state index contributed by atoms with van der Waals surface area (Å²) in [4.78, 5) is 8.06. The van der Waals surface area contributed by atoms with E-state index in [1.54, 1.807) is 0 Å². The van der Waals surface area contributed by atoms with Crippen molar-refractivity contribution in [2.75, 3.05) is 26.2 Å². The Morgan fingerprint density at radius 1 is 1.61 bits per heavy atom. The number of nitrogens with zero attached hydrogens (tertiary/aromatic N) is 2. The Morgan fingerprint density at radius 2 is 2.44 bits per heavy atom. The van der Waals surface area contributed by atoms with Gasteiger partial charge in [0.2, 0.25) is 0 Å². The van der Waals surface area contributed by atoms with E-state index in [1.165, 1.54) is 16.9 Å². The molecule has 18 heavy (non-hydrogen) atoms. The Morgan fingerprint density at radius 3 is 3.17 bits per heavy atom. The molecule has 1 saturated heterocycles. The highest BCUT2D eigenvalue weighted by Gasteiger charge is 2.34. The Bertz CT molecular complexity index is 467. The summed E-state index contributed by atoms with van der Waals surface area (Å²) < 4.78 is 5.96. The molecule has 98 valence electrons. The molecule has 1 fully saturated rings. The SMILES string of the molecule is CC1(CN=C(N)N2CCC2)OCCc2sccc21. The summed E-state index contributed by atoms with van der Waals surface area (Å²) in [6, 6.07) is 2.16. The van der Waals surface area contributed by atoms with Crippen LogP contribution in [0.15, 0.2) is 16.4 Å². The average Bonchev–Trinajstić information content (AvgIpc) is 2.74. The lowest BCUT2D eigenvalue weighted by Crippen LogP contribution is -2.47. The van der Waals surface area contributed by atoms with E-state index in [2.05, 4.69) is 28.3 Å². The van der Waals surface area contributed by atoms with E-state index in [9.17, 15) is 0 Å². The van der Waals surface area contributed by atoms with Gasteiger partial charge >= 0.3 is 0 Å². The van der Waals surface area contributed by atoms with Crippen molar-refractivity contribution in [3.63, 3.8) is 0 Å². The number of aliphatic imine (C=N–C) groups is 1. The maximum atomic E-state index is 5.97. The molecule has 0 saturated carbocycles. The van der Waals surface area contributed by atoms with Gasteiger partial charge in [-0.2, -0.15) is 0 Å². The number of ether oxygens (including phenoxy) is 1. The van der Waals surface area contributed by atoms with Crippen molar-refractivity contribution < 1.29 is 4.74 Å². The lowest BCUT2D eigenvalue weighted by Gasteiger charge is -2.35. The Labute approximate surface area is 111 Å². The molecule has 0 spiro atoms. The third-order valence-corrected chi connectivity index (χ3v) is 4.77. The number of likely N-dealkylation sites (tertiary alicyclic amines) is 1. The maximum Gasteiger partial charge on any atom is 0.191 e. The molecule has 1 aromatic rings. The molecule has 0 radical (unpaired) electrons. The minimum atomic E-state index is -0.303. The lowest BCUT2D eigenvalue weighted by atomic mass is 9.93. The second-order valence-electron chi connectivity index (χ2n) is 5.10. The van der Waals surface area contributed by atoms with Crippen molar-refractivity contribution in [1.29, 1.82) is 0 Å². The zero-order valence-corrected chi connectivity index (χ0v) is 11.5. The number of fused-ring (bicyclic) bond motifs is 1. The van der Waals surface area contributed by atoms with Crippen LogP contribution >= 0.6 is 11.3 Å². The van der Waals surface area contributed by atoms with Crippen LogP contribution in [0.5, 0.6) is 0 Å². The summed E-state index contributed by atoms with van der Waals surface area (Å²) in [5.74, 6) is 0.661. The molecule has 2 aliphatic heterocycles. The summed E-state index contributed by atoms with van der Waals surface area (Å²) in [6.07, 6.45) is 2.24. The smallest absolute Gasteiger partial charge is 0.191 e. The van der Waals surface area contributed by atoms with Crippen LogP contribution in [0, 0.1) is 0 Å². The monoisotopic (exact) mass is 265 g/mol. The first kappa shape index (κ1) is 12.0. The first-order valence-electron chi connectivity index (χ1n) is 6.45. The van der Waals surface area contributed by atoms with Gasteiger partial charge in [-0.25, -0.2) is 4.99 Å². The molecule has 2 N–H and O–H groups in total. The molecule has 0 bridgehead atoms. The molecule has 1 atom stereocenters. The number of guanidine groups is 1. The van der Waals surface area contributed by atoms with Crippen LogP contribution < -0.4 is 5.73 Å². The number of hydrogen-bond acceptors (Lipinski definition) is 3. The van der Waals surface area contributed by atoms with Crippen molar-refractivity contribution >= 4 is 17.3 Å². The van der Waals surface area contributed by atoms with Crippen LogP contribution in [0.25, 0.3) is 0 Å². The van der Waals surface area contributed by atoms with Gasteiger partial charge in [-0.15, -0.1) is 11.3 Å². The minimum Gasteiger partial charge on any atom is -0.370 e. The summed E-state index contributed by atoms with van der Waals surface area (Å²) in [5.41, 5.74) is 6.96. The maximum absolute atomic E-state index is 5.97. The van der Waals surface area contributed by atoms with E-state index >= 15 is 0 Å². The topological polar surface area (TPSA) is 50.8 Å². The predicted octanol–water partition coefficient (Wildman–Crippen LogP) is 1.56. The van der Waals surface area contributed by atoms with Crippen LogP contribution in [0.2, 0.25) is 0 Å². The van der Waals surface area contributed by atoms with E-state index in [1.807, 2.05) is 11.3 Å². The number of hydrogen-bond donors (Lipinski definition) is 1. The Balaban J connectivity index is 1.76. The van der Waals surface area contributed by atoms with E-state index in [4.69, 9.17) is 10.5 Å². The predicted molar refractivity (Wildman–Crippen MR) is 74.0 cm³/mol. The fourth-order valence-corrected chi connectivity index (χ4v) is 3.44. The first-order valence-corrected chi connectivity index (χ1v) is 7.33. The van der Waals surface area contributed by atoms with E-state index < -0.39 is 0 Å². The summed E-state index contributed by atoms with van der Waals surface area (Å²) >= 11 is 1.81. The van der Waals surface area contributed by atoms with Crippen LogP contribution in [0.3, 0.4) is 0 Å². The standard InChI is InChI=1S/C13H19N3OS/c1-13(9-15-12(14)16-5-2-6-16)10-4-8-18-11(10)3-7-17-13/h4,8H,2-3,5-7,9H2,1H3,(H2,14,15). The highest BCUT2D eigenvalue weighted by atomic mass is 32.1. The summed E-state index contributed by atoms with van der Waals surface area (Å²) in [5, 5.41) is 2.14. The molecule has 1 unspecified atom stereocenters. The van der Waals surface area contributed by atoms with Gasteiger partial charge in [-0.05, 0) is 30.4 Å². The van der Waals surface area contributed by atoms with Gasteiger partial charge in [-0.1, -0.05) is 0 Å². The normalized spacial score (nSPS) is 27.8. The lowest BCUT2D eigenvalue weighted by molar-refractivity contribution is -0.0376. The molecule has 0 amide bonds. The van der Waals surface area contributed by atoms with Crippen molar-refractivity contribution in [3.8, 4) is 0 Å². The summed E-state index contributed by atoms with van der Waals surface area (Å²) in [6.45, 7) is 5.58. The van der Waals surface area contributed by atoms with Crippen molar-refractivity contribution in [1.82, 2.24) is 4.90 Å². The third kappa shape index (κ3) is 2.01. The molecule has 2 aliphatic rings. The highest BCUT2D eigenvalue weighted by molar-refractivity contribution is 7.10. The van der Waals surface area contributed by atoms with Gasteiger partial charge < -0.3 is 15.4 Å². The zero-order valence-electron chi connectivity index (χ0n) is 10.7. The number of rotatable bonds is 2. The Kier molecular flexibility index (Phi) is 3.03. The second kappa shape index (κ2) is 4.55. The molecule has 0 aliphatic carbocycles. The van der Waals surface area contributed by atoms with Crippen molar-refractivity contribution in [2.24, 2.45) is 10.7 Å². The fourth-order valence-electron chi connectivity index (χ4n) is 2.46. The molecule has 3 heterocycles. The van der Waals surface area contributed by atoms with Crippen molar-refractivity contribution in [3.05, 3.63) is 21.9 Å².